The van der Waals surface area contributed by atoms with Crippen LogP contribution in [0.1, 0.15) is 17.3 Å². The molecule has 0 unspecified atom stereocenters. The first-order valence-corrected chi connectivity index (χ1v) is 10.8. The molecule has 0 saturated carbocycles. The summed E-state index contributed by atoms with van der Waals surface area (Å²) in [7, 11) is -3.82. The third-order valence-corrected chi connectivity index (χ3v) is 5.84. The highest BCUT2D eigenvalue weighted by molar-refractivity contribution is 7.92. The molecule has 4 rings (SSSR count). The molecule has 152 valence electrons. The van der Waals surface area contributed by atoms with E-state index in [1.807, 2.05) is 30.3 Å². The Labute approximate surface area is 173 Å². The Morgan fingerprint density at radius 1 is 1.03 bits per heavy atom. The van der Waals surface area contributed by atoms with E-state index in [-0.39, 0.29) is 11.5 Å². The van der Waals surface area contributed by atoms with E-state index >= 15 is 0 Å². The number of rotatable bonds is 6. The number of anilines is 1. The van der Waals surface area contributed by atoms with E-state index in [0.717, 1.165) is 5.56 Å². The molecule has 1 heterocycles. The van der Waals surface area contributed by atoms with Gasteiger partial charge in [0.05, 0.1) is 28.1 Å². The van der Waals surface area contributed by atoms with Gasteiger partial charge in [0.1, 0.15) is 5.82 Å². The lowest BCUT2D eigenvalue weighted by molar-refractivity contribution is 0.0526. The SMILES string of the molecule is CCOC(=O)c1ccc(NS(=O)(=O)c2ccc3nc(-c4ccccc4)[nH]c3c2)cc1. The van der Waals surface area contributed by atoms with Crippen LogP contribution >= 0.6 is 0 Å². The molecule has 0 radical (unpaired) electrons. The molecule has 0 spiro atoms. The number of carbonyl (C=O) groups is 1. The molecule has 0 aliphatic heterocycles. The Morgan fingerprint density at radius 3 is 2.47 bits per heavy atom. The van der Waals surface area contributed by atoms with Crippen LogP contribution in [-0.2, 0) is 14.8 Å². The highest BCUT2D eigenvalue weighted by Gasteiger charge is 2.17. The molecule has 0 atom stereocenters. The minimum absolute atomic E-state index is 0.104. The highest BCUT2D eigenvalue weighted by atomic mass is 32.2. The minimum Gasteiger partial charge on any atom is -0.462 e. The number of sulfonamides is 1. The zero-order valence-electron chi connectivity index (χ0n) is 16.1. The average molecular weight is 421 g/mol. The number of imidazole rings is 1. The number of nitrogens with zero attached hydrogens (tertiary/aromatic N) is 1. The van der Waals surface area contributed by atoms with Crippen LogP contribution in [0.5, 0.6) is 0 Å². The Hall–Kier alpha value is -3.65. The summed E-state index contributed by atoms with van der Waals surface area (Å²) in [6.45, 7) is 2.00. The fraction of sp³-hybridized carbons (Fsp3) is 0.0909. The summed E-state index contributed by atoms with van der Waals surface area (Å²) in [5, 5.41) is 0. The van der Waals surface area contributed by atoms with Gasteiger partial charge in [-0.25, -0.2) is 18.2 Å². The molecule has 7 nitrogen and oxygen atoms in total. The molecule has 0 aliphatic carbocycles. The topological polar surface area (TPSA) is 101 Å². The molecule has 8 heteroatoms. The van der Waals surface area contributed by atoms with Gasteiger partial charge >= 0.3 is 5.97 Å². The second-order valence-electron chi connectivity index (χ2n) is 6.53. The maximum absolute atomic E-state index is 12.8. The van der Waals surface area contributed by atoms with Gasteiger partial charge in [-0.3, -0.25) is 4.72 Å². The predicted octanol–water partition coefficient (Wildman–Crippen LogP) is 4.21. The van der Waals surface area contributed by atoms with Crippen molar-refractivity contribution in [3.63, 3.8) is 0 Å². The van der Waals surface area contributed by atoms with Crippen molar-refractivity contribution in [2.24, 2.45) is 0 Å². The molecule has 0 bridgehead atoms. The van der Waals surface area contributed by atoms with Crippen LogP contribution in [-0.4, -0.2) is 31.0 Å². The lowest BCUT2D eigenvalue weighted by Crippen LogP contribution is -2.13. The molecular formula is C22H19N3O4S. The summed E-state index contributed by atoms with van der Waals surface area (Å²) in [5.74, 6) is 0.216. The number of ether oxygens (including phenoxy) is 1. The smallest absolute Gasteiger partial charge is 0.338 e. The third kappa shape index (κ3) is 4.04. The van der Waals surface area contributed by atoms with Crippen molar-refractivity contribution in [3.05, 3.63) is 78.4 Å². The van der Waals surface area contributed by atoms with Crippen molar-refractivity contribution in [1.29, 1.82) is 0 Å². The molecule has 1 aromatic heterocycles. The first-order valence-electron chi connectivity index (χ1n) is 9.31. The van der Waals surface area contributed by atoms with Gasteiger partial charge in [0.25, 0.3) is 10.0 Å². The molecule has 2 N–H and O–H groups in total. The van der Waals surface area contributed by atoms with Crippen molar-refractivity contribution < 1.29 is 17.9 Å². The van der Waals surface area contributed by atoms with Gasteiger partial charge in [-0.05, 0) is 49.4 Å². The second-order valence-corrected chi connectivity index (χ2v) is 8.22. The summed E-state index contributed by atoms with van der Waals surface area (Å²) >= 11 is 0. The molecule has 0 amide bonds. The maximum Gasteiger partial charge on any atom is 0.338 e. The normalized spacial score (nSPS) is 11.4. The van der Waals surface area contributed by atoms with Crippen LogP contribution in [0.2, 0.25) is 0 Å². The average Bonchev–Trinajstić information content (AvgIpc) is 3.18. The number of hydrogen-bond acceptors (Lipinski definition) is 5. The zero-order chi connectivity index (χ0) is 21.1. The van der Waals surface area contributed by atoms with E-state index < -0.39 is 16.0 Å². The number of esters is 1. The van der Waals surface area contributed by atoms with Crippen molar-refractivity contribution in [3.8, 4) is 11.4 Å². The van der Waals surface area contributed by atoms with Crippen LogP contribution < -0.4 is 4.72 Å². The van der Waals surface area contributed by atoms with Crippen molar-refractivity contribution in [2.45, 2.75) is 11.8 Å². The fourth-order valence-corrected chi connectivity index (χ4v) is 4.08. The number of carbonyl (C=O) groups excluding carboxylic acids is 1. The summed E-state index contributed by atoms with van der Waals surface area (Å²) in [5.41, 5.74) is 2.91. The Bertz CT molecular complexity index is 1300. The van der Waals surface area contributed by atoms with Gasteiger partial charge in [-0.2, -0.15) is 0 Å². The number of benzene rings is 3. The van der Waals surface area contributed by atoms with Crippen molar-refractivity contribution in [2.75, 3.05) is 11.3 Å². The van der Waals surface area contributed by atoms with Crippen molar-refractivity contribution >= 4 is 32.7 Å². The first kappa shape index (κ1) is 19.7. The Kier molecular flexibility index (Phi) is 5.24. The number of hydrogen-bond donors (Lipinski definition) is 2. The predicted molar refractivity (Wildman–Crippen MR) is 115 cm³/mol. The largest absolute Gasteiger partial charge is 0.462 e. The molecular weight excluding hydrogens is 402 g/mol. The number of H-pyrrole nitrogens is 1. The number of nitrogens with one attached hydrogen (secondary N) is 2. The second kappa shape index (κ2) is 8.00. The van der Waals surface area contributed by atoms with Crippen LogP contribution in [0, 0.1) is 0 Å². The van der Waals surface area contributed by atoms with E-state index in [4.69, 9.17) is 4.74 Å². The van der Waals surface area contributed by atoms with Crippen molar-refractivity contribution in [1.82, 2.24) is 9.97 Å². The summed E-state index contributed by atoms with van der Waals surface area (Å²) in [6.07, 6.45) is 0. The highest BCUT2D eigenvalue weighted by Crippen LogP contribution is 2.24. The van der Waals surface area contributed by atoms with E-state index in [1.165, 1.54) is 30.3 Å². The van der Waals surface area contributed by atoms with E-state index in [1.54, 1.807) is 19.1 Å². The number of aromatic amines is 1. The third-order valence-electron chi connectivity index (χ3n) is 4.46. The maximum atomic E-state index is 12.8. The fourth-order valence-electron chi connectivity index (χ4n) is 2.99. The zero-order valence-corrected chi connectivity index (χ0v) is 16.9. The van der Waals surface area contributed by atoms with E-state index in [9.17, 15) is 13.2 Å². The van der Waals surface area contributed by atoms with E-state index in [0.29, 0.717) is 28.1 Å². The summed E-state index contributed by atoms with van der Waals surface area (Å²) < 4.78 is 33.1. The van der Waals surface area contributed by atoms with Crippen LogP contribution in [0.4, 0.5) is 5.69 Å². The quantitative estimate of drug-likeness (QED) is 0.454. The van der Waals surface area contributed by atoms with Gasteiger partial charge in [-0.15, -0.1) is 0 Å². The standard InChI is InChI=1S/C22H19N3O4S/c1-2-29-22(26)16-8-10-17(11-9-16)25-30(27,28)18-12-13-19-20(14-18)24-21(23-19)15-6-4-3-5-7-15/h3-14,25H,2H2,1H3,(H,23,24). The van der Waals surface area contributed by atoms with Gasteiger partial charge in [0, 0.05) is 11.3 Å². The number of aromatic nitrogens is 2. The van der Waals surface area contributed by atoms with Crippen LogP contribution in [0.25, 0.3) is 22.4 Å². The number of fused-ring (bicyclic) bond motifs is 1. The van der Waals surface area contributed by atoms with Gasteiger partial charge < -0.3 is 9.72 Å². The molecule has 3 aromatic carbocycles. The summed E-state index contributed by atoms with van der Waals surface area (Å²) in [4.78, 5) is 19.5. The Balaban J connectivity index is 1.58. The molecule has 4 aromatic rings. The first-order chi connectivity index (χ1) is 14.5. The lowest BCUT2D eigenvalue weighted by atomic mass is 10.2. The molecule has 0 saturated heterocycles. The van der Waals surface area contributed by atoms with Gasteiger partial charge in [-0.1, -0.05) is 30.3 Å². The minimum atomic E-state index is -3.82. The molecule has 0 fully saturated rings. The van der Waals surface area contributed by atoms with Gasteiger partial charge in [0.2, 0.25) is 0 Å². The lowest BCUT2D eigenvalue weighted by Gasteiger charge is -2.09. The van der Waals surface area contributed by atoms with Crippen LogP contribution in [0.3, 0.4) is 0 Å². The Morgan fingerprint density at radius 2 is 1.77 bits per heavy atom. The molecule has 0 aliphatic rings. The van der Waals surface area contributed by atoms with E-state index in [2.05, 4.69) is 14.7 Å². The van der Waals surface area contributed by atoms with Crippen LogP contribution in [0.15, 0.2) is 77.7 Å². The summed E-state index contributed by atoms with van der Waals surface area (Å²) in [6, 6.07) is 20.4. The monoisotopic (exact) mass is 421 g/mol. The molecule has 30 heavy (non-hydrogen) atoms. The van der Waals surface area contributed by atoms with Gasteiger partial charge in [0.15, 0.2) is 0 Å².